The minimum absolute atomic E-state index is 0.191. The van der Waals surface area contributed by atoms with Gasteiger partial charge in [0.2, 0.25) is 0 Å². The van der Waals surface area contributed by atoms with Crippen LogP contribution >= 0.6 is 0 Å². The van der Waals surface area contributed by atoms with E-state index in [1.54, 1.807) is 24.3 Å². The molecule has 0 unspecified atom stereocenters. The number of esters is 1. The Balaban J connectivity index is 1.78. The van der Waals surface area contributed by atoms with Crippen LogP contribution < -0.4 is 5.32 Å². The zero-order valence-corrected chi connectivity index (χ0v) is 12.7. The van der Waals surface area contributed by atoms with Gasteiger partial charge in [-0.2, -0.15) is 0 Å². The Morgan fingerprint density at radius 1 is 1.19 bits per heavy atom. The van der Waals surface area contributed by atoms with Crippen LogP contribution in [0.1, 0.15) is 43.5 Å². The van der Waals surface area contributed by atoms with Crippen molar-refractivity contribution in [1.82, 2.24) is 5.32 Å². The van der Waals surface area contributed by atoms with Crippen LogP contribution in [0.5, 0.6) is 0 Å². The molecule has 4 heteroatoms. The molecule has 1 N–H and O–H groups in total. The van der Waals surface area contributed by atoms with Gasteiger partial charge in [-0.3, -0.25) is 4.79 Å². The average Bonchev–Trinajstić information content (AvgIpc) is 2.50. The number of rotatable bonds is 4. The number of hydrogen-bond acceptors (Lipinski definition) is 3. The predicted molar refractivity (Wildman–Crippen MR) is 80.8 cm³/mol. The number of hydrogen-bond donors (Lipinski definition) is 1. The maximum atomic E-state index is 11.9. The summed E-state index contributed by atoms with van der Waals surface area (Å²) < 4.78 is 5.04. The standard InChI is InChI=1S/C17H23NO3/c1-12-7-6-10-15(13(12)2)18-16(19)11-21-17(20)14-8-4-3-5-9-14/h3-5,8-9,12-13,15H,6-7,10-11H2,1-2H3,(H,18,19)/t12-,13+,15-/m1/s1. The molecule has 0 aromatic heterocycles. The summed E-state index contributed by atoms with van der Waals surface area (Å²) in [6.07, 6.45) is 3.36. The number of carbonyl (C=O) groups excluding carboxylic acids is 2. The predicted octanol–water partition coefficient (Wildman–Crippen LogP) is 2.78. The van der Waals surface area contributed by atoms with Crippen molar-refractivity contribution in [2.75, 3.05) is 6.61 Å². The summed E-state index contributed by atoms with van der Waals surface area (Å²) in [5, 5.41) is 2.99. The molecule has 21 heavy (non-hydrogen) atoms. The largest absolute Gasteiger partial charge is 0.452 e. The van der Waals surface area contributed by atoms with E-state index >= 15 is 0 Å². The Morgan fingerprint density at radius 2 is 1.90 bits per heavy atom. The zero-order chi connectivity index (χ0) is 15.2. The van der Waals surface area contributed by atoms with Crippen molar-refractivity contribution in [2.45, 2.75) is 39.2 Å². The van der Waals surface area contributed by atoms with Crippen molar-refractivity contribution in [2.24, 2.45) is 11.8 Å². The molecule has 0 heterocycles. The van der Waals surface area contributed by atoms with Crippen molar-refractivity contribution in [3.8, 4) is 0 Å². The normalized spacial score (nSPS) is 25.1. The highest BCUT2D eigenvalue weighted by molar-refractivity contribution is 5.91. The minimum Gasteiger partial charge on any atom is -0.452 e. The molecule has 1 aromatic rings. The molecule has 4 nitrogen and oxygen atoms in total. The fourth-order valence-electron chi connectivity index (χ4n) is 2.82. The molecular weight excluding hydrogens is 266 g/mol. The van der Waals surface area contributed by atoms with Gasteiger partial charge < -0.3 is 10.1 Å². The first-order valence-corrected chi connectivity index (χ1v) is 7.59. The maximum absolute atomic E-state index is 11.9. The Kier molecular flexibility index (Phi) is 5.37. The van der Waals surface area contributed by atoms with E-state index in [1.807, 2.05) is 6.07 Å². The molecule has 1 amide bonds. The highest BCUT2D eigenvalue weighted by Crippen LogP contribution is 2.29. The van der Waals surface area contributed by atoms with Gasteiger partial charge >= 0.3 is 5.97 Å². The van der Waals surface area contributed by atoms with E-state index in [0.717, 1.165) is 12.8 Å². The van der Waals surface area contributed by atoms with E-state index in [4.69, 9.17) is 4.74 Å². The van der Waals surface area contributed by atoms with Crippen molar-refractivity contribution in [3.63, 3.8) is 0 Å². The van der Waals surface area contributed by atoms with Gasteiger partial charge in [0.25, 0.3) is 5.91 Å². The molecular formula is C17H23NO3. The smallest absolute Gasteiger partial charge is 0.338 e. The SMILES string of the molecule is C[C@H]1[C@H](C)CCC[C@H]1NC(=O)COC(=O)c1ccccc1. The molecule has 1 aromatic carbocycles. The van der Waals surface area contributed by atoms with Crippen LogP contribution in [0, 0.1) is 11.8 Å². The van der Waals surface area contributed by atoms with Gasteiger partial charge in [0.15, 0.2) is 6.61 Å². The molecule has 114 valence electrons. The molecule has 1 aliphatic rings. The number of amides is 1. The minimum atomic E-state index is -0.462. The lowest BCUT2D eigenvalue weighted by Gasteiger charge is -2.34. The van der Waals surface area contributed by atoms with Gasteiger partial charge in [0.05, 0.1) is 5.56 Å². The number of benzene rings is 1. The molecule has 1 fully saturated rings. The first-order chi connectivity index (χ1) is 10.1. The number of ether oxygens (including phenoxy) is 1. The van der Waals surface area contributed by atoms with E-state index in [0.29, 0.717) is 17.4 Å². The van der Waals surface area contributed by atoms with Crippen LogP contribution in [0.2, 0.25) is 0 Å². The van der Waals surface area contributed by atoms with Crippen molar-refractivity contribution in [3.05, 3.63) is 35.9 Å². The first-order valence-electron chi connectivity index (χ1n) is 7.59. The fourth-order valence-corrected chi connectivity index (χ4v) is 2.82. The molecule has 0 saturated heterocycles. The van der Waals surface area contributed by atoms with Crippen LogP contribution in [0.4, 0.5) is 0 Å². The summed E-state index contributed by atoms with van der Waals surface area (Å²) in [4.78, 5) is 23.7. The van der Waals surface area contributed by atoms with Crippen LogP contribution in [0.3, 0.4) is 0 Å². The zero-order valence-electron chi connectivity index (χ0n) is 12.7. The number of nitrogens with one attached hydrogen (secondary N) is 1. The Bertz CT molecular complexity index is 486. The molecule has 3 atom stereocenters. The Labute approximate surface area is 125 Å². The third-order valence-corrected chi connectivity index (χ3v) is 4.40. The third kappa shape index (κ3) is 4.31. The lowest BCUT2D eigenvalue weighted by atomic mass is 9.78. The molecule has 0 spiro atoms. The van der Waals surface area contributed by atoms with Crippen molar-refractivity contribution >= 4 is 11.9 Å². The summed E-state index contributed by atoms with van der Waals surface area (Å²) in [5.41, 5.74) is 0.463. The van der Waals surface area contributed by atoms with E-state index in [2.05, 4.69) is 19.2 Å². The highest BCUT2D eigenvalue weighted by atomic mass is 16.5. The second kappa shape index (κ2) is 7.25. The van der Waals surface area contributed by atoms with E-state index < -0.39 is 5.97 Å². The summed E-state index contributed by atoms with van der Waals surface area (Å²) in [5.74, 6) is 0.407. The van der Waals surface area contributed by atoms with Crippen LogP contribution in [0.25, 0.3) is 0 Å². The monoisotopic (exact) mass is 289 g/mol. The quantitative estimate of drug-likeness (QED) is 0.867. The van der Waals surface area contributed by atoms with E-state index in [-0.39, 0.29) is 18.6 Å². The van der Waals surface area contributed by atoms with E-state index in [9.17, 15) is 9.59 Å². The fraction of sp³-hybridized carbons (Fsp3) is 0.529. The lowest BCUT2D eigenvalue weighted by molar-refractivity contribution is -0.125. The van der Waals surface area contributed by atoms with E-state index in [1.165, 1.54) is 6.42 Å². The topological polar surface area (TPSA) is 55.4 Å². The van der Waals surface area contributed by atoms with Crippen LogP contribution in [-0.4, -0.2) is 24.5 Å². The molecule has 0 bridgehead atoms. The highest BCUT2D eigenvalue weighted by Gasteiger charge is 2.28. The molecule has 2 rings (SSSR count). The van der Waals surface area contributed by atoms with Gasteiger partial charge in [0, 0.05) is 6.04 Å². The second-order valence-electron chi connectivity index (χ2n) is 5.88. The van der Waals surface area contributed by atoms with Gasteiger partial charge in [-0.1, -0.05) is 44.9 Å². The van der Waals surface area contributed by atoms with Crippen LogP contribution in [0.15, 0.2) is 30.3 Å². The second-order valence-corrected chi connectivity index (χ2v) is 5.88. The summed E-state index contributed by atoms with van der Waals surface area (Å²) >= 11 is 0. The van der Waals surface area contributed by atoms with Gasteiger partial charge in [-0.15, -0.1) is 0 Å². The Hall–Kier alpha value is -1.84. The number of carbonyl (C=O) groups is 2. The summed E-state index contributed by atoms with van der Waals surface area (Å²) in [7, 11) is 0. The molecule has 1 saturated carbocycles. The Morgan fingerprint density at radius 3 is 2.62 bits per heavy atom. The molecule has 1 aliphatic carbocycles. The van der Waals surface area contributed by atoms with Crippen molar-refractivity contribution in [1.29, 1.82) is 0 Å². The third-order valence-electron chi connectivity index (χ3n) is 4.40. The summed E-state index contributed by atoms with van der Waals surface area (Å²) in [6, 6.07) is 8.89. The lowest BCUT2D eigenvalue weighted by Crippen LogP contribution is -2.45. The van der Waals surface area contributed by atoms with Gasteiger partial charge in [-0.05, 0) is 30.4 Å². The molecule has 0 radical (unpaired) electrons. The van der Waals surface area contributed by atoms with Gasteiger partial charge in [0.1, 0.15) is 0 Å². The first kappa shape index (κ1) is 15.5. The molecule has 0 aliphatic heterocycles. The van der Waals surface area contributed by atoms with Crippen LogP contribution in [-0.2, 0) is 9.53 Å². The average molecular weight is 289 g/mol. The maximum Gasteiger partial charge on any atom is 0.338 e. The van der Waals surface area contributed by atoms with Gasteiger partial charge in [-0.25, -0.2) is 4.79 Å². The van der Waals surface area contributed by atoms with Crippen molar-refractivity contribution < 1.29 is 14.3 Å². The summed E-state index contributed by atoms with van der Waals surface area (Å²) in [6.45, 7) is 4.18.